The maximum atomic E-state index is 12.0. The molecule has 3 aliphatic rings. The average molecular weight is 513 g/mol. The van der Waals surface area contributed by atoms with Gasteiger partial charge in [0.25, 0.3) is 5.56 Å². The van der Waals surface area contributed by atoms with Crippen molar-refractivity contribution in [1.82, 2.24) is 19.5 Å². The highest BCUT2D eigenvalue weighted by Crippen LogP contribution is 2.75. The van der Waals surface area contributed by atoms with Gasteiger partial charge >= 0.3 is 5.69 Å². The Morgan fingerprint density at radius 2 is 2.24 bits per heavy atom. The lowest BCUT2D eigenvalue weighted by molar-refractivity contribution is -0.0236. The summed E-state index contributed by atoms with van der Waals surface area (Å²) < 4.78 is 20.6. The quantitative estimate of drug-likeness (QED) is 0.459. The summed E-state index contributed by atoms with van der Waals surface area (Å²) in [7, 11) is 0. The Balaban J connectivity index is 1.26. The molecule has 4 heterocycles. The fourth-order valence-corrected chi connectivity index (χ4v) is 12.2. The molecular formula is C21H29N4O5PS2. The lowest BCUT2D eigenvalue weighted by Gasteiger charge is -2.37. The van der Waals surface area contributed by atoms with Crippen LogP contribution in [0.15, 0.2) is 28.1 Å². The fraction of sp³-hybridized carbons (Fsp3) is 0.667. The van der Waals surface area contributed by atoms with Crippen LogP contribution in [0.25, 0.3) is 11.2 Å². The van der Waals surface area contributed by atoms with Crippen LogP contribution in [0, 0.1) is 11.8 Å². The first-order valence-corrected chi connectivity index (χ1v) is 15.3. The Bertz CT molecular complexity index is 1260. The van der Waals surface area contributed by atoms with E-state index in [-0.39, 0.29) is 34.6 Å². The molecule has 0 radical (unpaired) electrons. The monoisotopic (exact) mass is 512 g/mol. The van der Waals surface area contributed by atoms with Crippen molar-refractivity contribution in [2.24, 2.45) is 11.8 Å². The van der Waals surface area contributed by atoms with E-state index in [0.717, 1.165) is 19.3 Å². The number of H-pyrrole nitrogens is 2. The molecule has 7 atom stereocenters. The van der Waals surface area contributed by atoms with Crippen LogP contribution in [-0.2, 0) is 25.6 Å². The highest BCUT2D eigenvalue weighted by Gasteiger charge is 2.53. The van der Waals surface area contributed by atoms with Gasteiger partial charge in [0.2, 0.25) is 5.69 Å². The van der Waals surface area contributed by atoms with E-state index in [4.69, 9.17) is 25.6 Å². The lowest BCUT2D eigenvalue weighted by Crippen LogP contribution is -2.39. The zero-order valence-corrected chi connectivity index (χ0v) is 21.4. The zero-order valence-electron chi connectivity index (χ0n) is 18.9. The number of imidazole rings is 1. The molecule has 1 aliphatic carbocycles. The van der Waals surface area contributed by atoms with Gasteiger partial charge in [-0.25, -0.2) is 9.78 Å². The maximum Gasteiger partial charge on any atom is 0.327 e. The third-order valence-electron chi connectivity index (χ3n) is 7.16. The predicted molar refractivity (Wildman–Crippen MR) is 132 cm³/mol. The molecule has 0 aromatic carbocycles. The van der Waals surface area contributed by atoms with Crippen LogP contribution < -0.4 is 11.2 Å². The van der Waals surface area contributed by atoms with Gasteiger partial charge in [-0.05, 0) is 63.2 Å². The lowest BCUT2D eigenvalue weighted by atomic mass is 9.77. The van der Waals surface area contributed by atoms with Gasteiger partial charge in [0.1, 0.15) is 11.9 Å². The number of aromatic amines is 2. The fourth-order valence-electron chi connectivity index (χ4n) is 5.02. The summed E-state index contributed by atoms with van der Waals surface area (Å²) in [6, 6.07) is 0. The Kier molecular flexibility index (Phi) is 6.03. The van der Waals surface area contributed by atoms with Crippen molar-refractivity contribution in [3.8, 4) is 0 Å². The summed E-state index contributed by atoms with van der Waals surface area (Å²) in [6.07, 6.45) is 4.89. The second kappa shape index (κ2) is 8.46. The molecule has 1 saturated carbocycles. The summed E-state index contributed by atoms with van der Waals surface area (Å²) in [5, 5.41) is 0. The van der Waals surface area contributed by atoms with Gasteiger partial charge in [-0.1, -0.05) is 30.5 Å². The minimum absolute atomic E-state index is 0.0131. The number of fused-ring (bicyclic) bond motifs is 2. The van der Waals surface area contributed by atoms with Crippen LogP contribution >= 0.6 is 17.1 Å². The van der Waals surface area contributed by atoms with E-state index in [1.165, 1.54) is 11.9 Å². The number of hydrogen-bond acceptors (Lipinski definition) is 8. The van der Waals surface area contributed by atoms with Gasteiger partial charge < -0.3 is 13.8 Å². The van der Waals surface area contributed by atoms with Crippen LogP contribution in [-0.4, -0.2) is 43.1 Å². The third-order valence-corrected chi connectivity index (χ3v) is 13.0. The molecule has 12 heteroatoms. The maximum absolute atomic E-state index is 12.0. The second-order valence-electron chi connectivity index (χ2n) is 9.66. The molecule has 5 rings (SSSR count). The molecule has 0 unspecified atom stereocenters. The van der Waals surface area contributed by atoms with E-state index < -0.39 is 16.9 Å². The number of hydrogen-bond donors (Lipinski definition) is 2. The average Bonchev–Trinajstić information content (AvgIpc) is 3.38. The smallest absolute Gasteiger partial charge is 0.327 e. The highest BCUT2D eigenvalue weighted by atomic mass is 32.9. The first-order valence-electron chi connectivity index (χ1n) is 11.2. The van der Waals surface area contributed by atoms with E-state index >= 15 is 0 Å². The normalized spacial score (nSPS) is 38.6. The van der Waals surface area contributed by atoms with Crippen molar-refractivity contribution in [2.45, 2.75) is 69.6 Å². The van der Waals surface area contributed by atoms with Crippen LogP contribution in [0.3, 0.4) is 0 Å². The minimum Gasteiger partial charge on any atom is -0.352 e. The van der Waals surface area contributed by atoms with Crippen LogP contribution in [0.4, 0.5) is 0 Å². The van der Waals surface area contributed by atoms with Crippen molar-refractivity contribution in [2.75, 3.05) is 6.61 Å². The number of ether oxygens (including phenoxy) is 1. The Hall–Kier alpha value is -1.23. The Labute approximate surface area is 200 Å². The molecule has 0 amide bonds. The molecule has 180 valence electrons. The van der Waals surface area contributed by atoms with Crippen molar-refractivity contribution >= 4 is 40.0 Å². The molecule has 33 heavy (non-hydrogen) atoms. The van der Waals surface area contributed by atoms with Crippen LogP contribution in [0.5, 0.6) is 0 Å². The van der Waals surface area contributed by atoms with Gasteiger partial charge in [0.05, 0.1) is 25.1 Å². The summed E-state index contributed by atoms with van der Waals surface area (Å²) >= 11 is 7.59. The van der Waals surface area contributed by atoms with Gasteiger partial charge in [0.15, 0.2) is 5.52 Å². The number of nitrogens with zero attached hydrogens (tertiary/aromatic N) is 2. The Morgan fingerprint density at radius 1 is 1.45 bits per heavy atom. The third kappa shape index (κ3) is 4.32. The van der Waals surface area contributed by atoms with Gasteiger partial charge in [-0.15, -0.1) is 0 Å². The Morgan fingerprint density at radius 3 is 3.00 bits per heavy atom. The molecular weight excluding hydrogens is 483 g/mol. The van der Waals surface area contributed by atoms with E-state index in [2.05, 4.69) is 42.3 Å². The zero-order chi connectivity index (χ0) is 23.5. The second-order valence-corrected chi connectivity index (χ2v) is 16.3. The molecule has 0 bridgehead atoms. The highest BCUT2D eigenvalue weighted by molar-refractivity contribution is 8.68. The molecule has 3 fully saturated rings. The topological polar surface area (TPSA) is 111 Å². The standard InChI is InChI=1S/C21H29N4O5PS2/c1-11(2)13-5-6-21(4)15(8-13)30-31(32,33-21)28-9-14-12(3)7-16(29-14)25-10-22-17-18(25)23-20(27)24-19(17)26/h10,12-16H,1,5-9H2,2-4H3,(H2,23,24,26,27)/t12-,13-,14+,15+,16+,21+,31+/m0/s1. The van der Waals surface area contributed by atoms with E-state index in [9.17, 15) is 9.59 Å². The van der Waals surface area contributed by atoms with E-state index in [0.29, 0.717) is 24.6 Å². The molecule has 0 spiro atoms. The predicted octanol–water partition coefficient (Wildman–Crippen LogP) is 3.84. The molecule has 2 aromatic heterocycles. The van der Waals surface area contributed by atoms with Crippen molar-refractivity contribution < 1.29 is 13.8 Å². The van der Waals surface area contributed by atoms with Gasteiger partial charge in [-0.3, -0.25) is 19.3 Å². The molecule has 2 saturated heterocycles. The first-order chi connectivity index (χ1) is 15.6. The molecule has 2 aliphatic heterocycles. The van der Waals surface area contributed by atoms with E-state index in [1.807, 2.05) is 0 Å². The number of nitrogens with one attached hydrogen (secondary N) is 2. The van der Waals surface area contributed by atoms with E-state index in [1.54, 1.807) is 15.9 Å². The summed E-state index contributed by atoms with van der Waals surface area (Å²) in [4.78, 5) is 32.7. The minimum atomic E-state index is -2.48. The molecule has 2 aromatic rings. The number of rotatable bonds is 5. The van der Waals surface area contributed by atoms with Gasteiger partial charge in [-0.2, -0.15) is 0 Å². The summed E-state index contributed by atoms with van der Waals surface area (Å²) in [5.74, 6) is 0.675. The number of allylic oxidation sites excluding steroid dienone is 1. The summed E-state index contributed by atoms with van der Waals surface area (Å²) in [6.45, 7) is 10.9. The van der Waals surface area contributed by atoms with Crippen molar-refractivity contribution in [3.05, 3.63) is 39.3 Å². The SMILES string of the molecule is C=C(C)[C@H]1CC[C@@]2(C)S[P@](=S)(OC[C@H]3O[C@@H](n4cnc5c(=O)[nH]c(=O)[nH]c54)C[C@@H]3C)O[C@@H]2C1. The van der Waals surface area contributed by atoms with Gasteiger partial charge in [0, 0.05) is 4.75 Å². The summed E-state index contributed by atoms with van der Waals surface area (Å²) in [5.41, 5.74) is -1.82. The molecule has 2 N–H and O–H groups in total. The molecule has 9 nitrogen and oxygen atoms in total. The first kappa shape index (κ1) is 23.5. The number of aromatic nitrogens is 4. The largest absolute Gasteiger partial charge is 0.352 e. The van der Waals surface area contributed by atoms with Crippen molar-refractivity contribution in [3.63, 3.8) is 0 Å². The van der Waals surface area contributed by atoms with Crippen LogP contribution in [0.2, 0.25) is 0 Å². The van der Waals surface area contributed by atoms with Crippen LogP contribution in [0.1, 0.15) is 52.7 Å². The van der Waals surface area contributed by atoms with Crippen molar-refractivity contribution in [1.29, 1.82) is 0 Å².